The topological polar surface area (TPSA) is 20.3 Å². The molecule has 15 heavy (non-hydrogen) atoms. The second kappa shape index (κ2) is 6.01. The van der Waals surface area contributed by atoms with Crippen LogP contribution in [0.15, 0.2) is 15.9 Å². The van der Waals surface area contributed by atoms with Crippen LogP contribution in [0.2, 0.25) is 0 Å². The molecule has 1 aromatic rings. The van der Waals surface area contributed by atoms with Gasteiger partial charge in [-0.25, -0.2) is 0 Å². The molecule has 0 N–H and O–H groups in total. The number of carbonyl (C=O) groups is 1. The molecule has 0 aliphatic carbocycles. The molecule has 1 aromatic heterocycles. The zero-order valence-corrected chi connectivity index (χ0v) is 12.7. The smallest absolute Gasteiger partial charge is 0.264 e. The van der Waals surface area contributed by atoms with Crippen molar-refractivity contribution in [2.45, 2.75) is 18.2 Å². The molecular formula is C10H13Br2NOS. The molecule has 1 unspecified atom stereocenters. The van der Waals surface area contributed by atoms with Crippen LogP contribution >= 0.6 is 43.2 Å². The summed E-state index contributed by atoms with van der Waals surface area (Å²) in [7, 11) is 1.84. The average Bonchev–Trinajstić information content (AvgIpc) is 2.59. The average molecular weight is 355 g/mol. The normalized spacial score (nSPS) is 12.5. The zero-order valence-electron chi connectivity index (χ0n) is 8.67. The maximum absolute atomic E-state index is 11.9. The first-order valence-electron chi connectivity index (χ1n) is 4.65. The van der Waals surface area contributed by atoms with Crippen molar-refractivity contribution in [3.63, 3.8) is 0 Å². The summed E-state index contributed by atoms with van der Waals surface area (Å²) >= 11 is 8.31. The van der Waals surface area contributed by atoms with Crippen molar-refractivity contribution in [2.75, 3.05) is 13.6 Å². The maximum Gasteiger partial charge on any atom is 0.264 e. The van der Waals surface area contributed by atoms with Gasteiger partial charge in [-0.1, -0.05) is 22.9 Å². The Labute approximate surface area is 111 Å². The van der Waals surface area contributed by atoms with E-state index < -0.39 is 0 Å². The first kappa shape index (κ1) is 13.2. The summed E-state index contributed by atoms with van der Waals surface area (Å²) in [5.41, 5.74) is 0. The molecule has 0 aromatic carbocycles. The zero-order chi connectivity index (χ0) is 11.4. The van der Waals surface area contributed by atoms with Crippen molar-refractivity contribution in [2.24, 2.45) is 0 Å². The van der Waals surface area contributed by atoms with Gasteiger partial charge < -0.3 is 4.90 Å². The Morgan fingerprint density at radius 3 is 2.80 bits per heavy atom. The minimum Gasteiger partial charge on any atom is -0.341 e. The molecule has 1 rings (SSSR count). The standard InChI is InChI=1S/C10H13Br2NOS/c1-7(11)3-5-13(2)10(14)9-8(12)4-6-15-9/h4,6-7H,3,5H2,1-2H3. The highest BCUT2D eigenvalue weighted by Crippen LogP contribution is 2.24. The fourth-order valence-electron chi connectivity index (χ4n) is 1.09. The first-order chi connectivity index (χ1) is 7.02. The number of nitrogens with zero attached hydrogens (tertiary/aromatic N) is 1. The number of amides is 1. The summed E-state index contributed by atoms with van der Waals surface area (Å²) in [6, 6.07) is 1.90. The van der Waals surface area contributed by atoms with E-state index in [0.717, 1.165) is 22.3 Å². The monoisotopic (exact) mass is 353 g/mol. The molecule has 1 amide bonds. The van der Waals surface area contributed by atoms with Crippen LogP contribution in [0.3, 0.4) is 0 Å². The Kier molecular flexibility index (Phi) is 5.29. The molecule has 0 saturated carbocycles. The summed E-state index contributed by atoms with van der Waals surface area (Å²) in [6.45, 7) is 2.86. The molecule has 1 heterocycles. The van der Waals surface area contributed by atoms with Gasteiger partial charge in [-0.05, 0) is 33.8 Å². The van der Waals surface area contributed by atoms with Crippen molar-refractivity contribution in [1.82, 2.24) is 4.90 Å². The Balaban J connectivity index is 2.57. The van der Waals surface area contributed by atoms with E-state index in [4.69, 9.17) is 0 Å². The van der Waals surface area contributed by atoms with E-state index in [9.17, 15) is 4.79 Å². The van der Waals surface area contributed by atoms with E-state index in [1.54, 1.807) is 4.90 Å². The van der Waals surface area contributed by atoms with Gasteiger partial charge in [-0.2, -0.15) is 0 Å². The third-order valence-electron chi connectivity index (χ3n) is 2.02. The van der Waals surface area contributed by atoms with E-state index >= 15 is 0 Å². The quantitative estimate of drug-likeness (QED) is 0.754. The van der Waals surface area contributed by atoms with Gasteiger partial charge in [-0.15, -0.1) is 11.3 Å². The predicted molar refractivity (Wildman–Crippen MR) is 72.0 cm³/mol. The highest BCUT2D eigenvalue weighted by atomic mass is 79.9. The lowest BCUT2D eigenvalue weighted by molar-refractivity contribution is 0.0798. The van der Waals surface area contributed by atoms with Crippen molar-refractivity contribution in [3.05, 3.63) is 20.8 Å². The summed E-state index contributed by atoms with van der Waals surface area (Å²) in [5, 5.41) is 1.91. The van der Waals surface area contributed by atoms with Crippen LogP contribution in [-0.2, 0) is 0 Å². The lowest BCUT2D eigenvalue weighted by Crippen LogP contribution is -2.28. The van der Waals surface area contributed by atoms with Crippen molar-refractivity contribution in [3.8, 4) is 0 Å². The van der Waals surface area contributed by atoms with Crippen LogP contribution in [0.4, 0.5) is 0 Å². The van der Waals surface area contributed by atoms with Gasteiger partial charge in [0, 0.05) is 22.9 Å². The van der Waals surface area contributed by atoms with Crippen LogP contribution in [0.5, 0.6) is 0 Å². The van der Waals surface area contributed by atoms with Gasteiger partial charge in [0.25, 0.3) is 5.91 Å². The Morgan fingerprint density at radius 2 is 2.33 bits per heavy atom. The Bertz CT molecular complexity index is 338. The van der Waals surface area contributed by atoms with Gasteiger partial charge in [-0.3, -0.25) is 4.79 Å². The van der Waals surface area contributed by atoms with Crippen LogP contribution in [0.1, 0.15) is 23.0 Å². The van der Waals surface area contributed by atoms with Gasteiger partial charge >= 0.3 is 0 Å². The van der Waals surface area contributed by atoms with Gasteiger partial charge in [0.05, 0.1) is 0 Å². The molecule has 0 aliphatic heterocycles. The van der Waals surface area contributed by atoms with Crippen molar-refractivity contribution in [1.29, 1.82) is 0 Å². The number of hydrogen-bond donors (Lipinski definition) is 0. The Morgan fingerprint density at radius 1 is 1.67 bits per heavy atom. The summed E-state index contributed by atoms with van der Waals surface area (Å²) < 4.78 is 0.885. The molecule has 1 atom stereocenters. The van der Waals surface area contributed by atoms with Crippen LogP contribution < -0.4 is 0 Å². The SMILES string of the molecule is CC(Br)CCN(C)C(=O)c1sccc1Br. The van der Waals surface area contributed by atoms with Gasteiger partial charge in [0.2, 0.25) is 0 Å². The highest BCUT2D eigenvalue weighted by Gasteiger charge is 2.16. The summed E-state index contributed by atoms with van der Waals surface area (Å²) in [4.78, 5) is 14.9. The fraction of sp³-hybridized carbons (Fsp3) is 0.500. The number of carbonyl (C=O) groups excluding carboxylic acids is 1. The van der Waals surface area contributed by atoms with Gasteiger partial charge in [0.1, 0.15) is 4.88 Å². The van der Waals surface area contributed by atoms with E-state index in [0.29, 0.717) is 4.83 Å². The largest absolute Gasteiger partial charge is 0.341 e. The molecule has 84 valence electrons. The summed E-state index contributed by atoms with van der Waals surface area (Å²) in [5.74, 6) is 0.0880. The highest BCUT2D eigenvalue weighted by molar-refractivity contribution is 9.10. The van der Waals surface area contributed by atoms with E-state index in [2.05, 4.69) is 38.8 Å². The molecule has 0 saturated heterocycles. The maximum atomic E-state index is 11.9. The minimum atomic E-state index is 0.0880. The van der Waals surface area contributed by atoms with Crippen molar-refractivity contribution >= 4 is 49.1 Å². The van der Waals surface area contributed by atoms with E-state index in [-0.39, 0.29) is 5.91 Å². The number of hydrogen-bond acceptors (Lipinski definition) is 2. The van der Waals surface area contributed by atoms with Gasteiger partial charge in [0.15, 0.2) is 0 Å². The van der Waals surface area contributed by atoms with E-state index in [1.165, 1.54) is 11.3 Å². The second-order valence-corrected chi connectivity index (χ2v) is 6.73. The molecule has 0 spiro atoms. The van der Waals surface area contributed by atoms with Crippen molar-refractivity contribution < 1.29 is 4.79 Å². The first-order valence-corrected chi connectivity index (χ1v) is 7.23. The van der Waals surface area contributed by atoms with Crippen LogP contribution in [0.25, 0.3) is 0 Å². The summed E-state index contributed by atoms with van der Waals surface area (Å²) in [6.07, 6.45) is 0.964. The minimum absolute atomic E-state index is 0.0880. The van der Waals surface area contributed by atoms with Crippen LogP contribution in [0, 0.1) is 0 Å². The molecule has 0 aliphatic rings. The third-order valence-corrected chi connectivity index (χ3v) is 4.30. The Hall–Kier alpha value is 0.130. The number of rotatable bonds is 4. The number of alkyl halides is 1. The number of thiophene rings is 1. The molecule has 5 heteroatoms. The second-order valence-electron chi connectivity index (χ2n) is 3.39. The lowest BCUT2D eigenvalue weighted by Gasteiger charge is -2.17. The fourth-order valence-corrected chi connectivity index (χ4v) is 2.83. The molecular weight excluding hydrogens is 342 g/mol. The molecule has 0 radical (unpaired) electrons. The molecule has 0 bridgehead atoms. The van der Waals surface area contributed by atoms with Crippen LogP contribution in [-0.4, -0.2) is 29.2 Å². The predicted octanol–water partition coefficient (Wildman–Crippen LogP) is 3.76. The lowest BCUT2D eigenvalue weighted by atomic mass is 10.3. The molecule has 0 fully saturated rings. The third kappa shape index (κ3) is 3.89. The number of halogens is 2. The van der Waals surface area contributed by atoms with E-state index in [1.807, 2.05) is 18.5 Å². The molecule has 2 nitrogen and oxygen atoms in total.